The molecule has 0 saturated heterocycles. The molecule has 0 aliphatic heterocycles. The van der Waals surface area contributed by atoms with Gasteiger partial charge in [0.1, 0.15) is 11.5 Å². The van der Waals surface area contributed by atoms with Crippen molar-refractivity contribution in [2.24, 2.45) is 0 Å². The van der Waals surface area contributed by atoms with Crippen LogP contribution in [0.1, 0.15) is 44.0 Å². The molecular formula is C17H22N2O. The van der Waals surface area contributed by atoms with E-state index >= 15 is 0 Å². The molecule has 3 heteroatoms. The number of aromatic nitrogens is 1. The summed E-state index contributed by atoms with van der Waals surface area (Å²) < 4.78 is 5.96. The molecule has 1 aromatic heterocycles. The van der Waals surface area contributed by atoms with Crippen LogP contribution in [0.5, 0.6) is 11.5 Å². The molecule has 0 amide bonds. The van der Waals surface area contributed by atoms with E-state index in [2.05, 4.69) is 37.1 Å². The lowest BCUT2D eigenvalue weighted by molar-refractivity contribution is 0.469. The molecule has 0 aliphatic rings. The summed E-state index contributed by atoms with van der Waals surface area (Å²) in [6.45, 7) is 6.41. The van der Waals surface area contributed by atoms with Crippen LogP contribution in [0.25, 0.3) is 0 Å². The Morgan fingerprint density at radius 3 is 2.40 bits per heavy atom. The molecule has 1 atom stereocenters. The van der Waals surface area contributed by atoms with Gasteiger partial charge in [0, 0.05) is 6.04 Å². The van der Waals surface area contributed by atoms with Gasteiger partial charge in [-0.2, -0.15) is 0 Å². The second-order valence-corrected chi connectivity index (χ2v) is 5.22. The monoisotopic (exact) mass is 270 g/mol. The van der Waals surface area contributed by atoms with Gasteiger partial charge < -0.3 is 10.1 Å². The lowest BCUT2D eigenvalue weighted by atomic mass is 10.0. The van der Waals surface area contributed by atoms with Crippen LogP contribution >= 0.6 is 0 Å². The highest BCUT2D eigenvalue weighted by Crippen LogP contribution is 2.30. The third kappa shape index (κ3) is 3.36. The second kappa shape index (κ2) is 6.53. The minimum Gasteiger partial charge on any atom is -0.455 e. The van der Waals surface area contributed by atoms with Crippen LogP contribution in [0.2, 0.25) is 0 Å². The minimum atomic E-state index is 0.243. The number of nitrogens with zero attached hydrogens (tertiary/aromatic N) is 1. The number of nitrogens with one attached hydrogen (secondary N) is 1. The summed E-state index contributed by atoms with van der Waals surface area (Å²) in [6, 6.07) is 12.3. The third-order valence-corrected chi connectivity index (χ3v) is 3.40. The average Bonchev–Trinajstić information content (AvgIpc) is 2.47. The zero-order valence-corrected chi connectivity index (χ0v) is 12.6. The molecule has 3 nitrogen and oxygen atoms in total. The van der Waals surface area contributed by atoms with E-state index < -0.39 is 0 Å². The molecule has 0 fully saturated rings. The van der Waals surface area contributed by atoms with Crippen molar-refractivity contribution in [2.75, 3.05) is 7.05 Å². The van der Waals surface area contributed by atoms with Gasteiger partial charge in [-0.25, -0.2) is 0 Å². The summed E-state index contributed by atoms with van der Waals surface area (Å²) in [5.74, 6) is 2.10. The average molecular weight is 270 g/mol. The van der Waals surface area contributed by atoms with E-state index in [0.717, 1.165) is 17.2 Å². The highest BCUT2D eigenvalue weighted by Gasteiger charge is 2.09. The van der Waals surface area contributed by atoms with Crippen molar-refractivity contribution in [3.63, 3.8) is 0 Å². The molecule has 1 unspecified atom stereocenters. The predicted octanol–water partition coefficient (Wildman–Crippen LogP) is 4.28. The zero-order chi connectivity index (χ0) is 14.5. The maximum atomic E-state index is 5.96. The number of benzene rings is 1. The van der Waals surface area contributed by atoms with E-state index in [1.54, 1.807) is 6.20 Å². The predicted molar refractivity (Wildman–Crippen MR) is 82.3 cm³/mol. The highest BCUT2D eigenvalue weighted by molar-refractivity contribution is 5.39. The van der Waals surface area contributed by atoms with Crippen molar-refractivity contribution in [3.05, 3.63) is 53.9 Å². The molecule has 2 aromatic rings. The first-order valence-electron chi connectivity index (χ1n) is 7.01. The van der Waals surface area contributed by atoms with E-state index in [4.69, 9.17) is 4.74 Å². The van der Waals surface area contributed by atoms with Crippen molar-refractivity contribution < 1.29 is 4.74 Å². The normalized spacial score (nSPS) is 12.4. The highest BCUT2D eigenvalue weighted by atomic mass is 16.5. The Morgan fingerprint density at radius 1 is 1.05 bits per heavy atom. The number of hydrogen-bond donors (Lipinski definition) is 1. The Morgan fingerprint density at radius 2 is 1.80 bits per heavy atom. The van der Waals surface area contributed by atoms with E-state index in [1.807, 2.05) is 37.4 Å². The molecule has 1 aromatic carbocycles. The summed E-state index contributed by atoms with van der Waals surface area (Å²) >= 11 is 0. The summed E-state index contributed by atoms with van der Waals surface area (Å²) in [4.78, 5) is 4.43. The Hall–Kier alpha value is -1.87. The minimum absolute atomic E-state index is 0.243. The van der Waals surface area contributed by atoms with E-state index in [9.17, 15) is 0 Å². The maximum absolute atomic E-state index is 5.96. The second-order valence-electron chi connectivity index (χ2n) is 5.22. The summed E-state index contributed by atoms with van der Waals surface area (Å²) in [7, 11) is 1.93. The van der Waals surface area contributed by atoms with Gasteiger partial charge in [-0.1, -0.05) is 32.0 Å². The Bertz CT molecular complexity index is 549. The summed E-state index contributed by atoms with van der Waals surface area (Å²) in [5, 5.41) is 3.17. The van der Waals surface area contributed by atoms with Crippen LogP contribution in [-0.2, 0) is 0 Å². The molecule has 1 N–H and O–H groups in total. The van der Waals surface area contributed by atoms with Gasteiger partial charge in [0.25, 0.3) is 0 Å². The van der Waals surface area contributed by atoms with Gasteiger partial charge in [0.2, 0.25) is 0 Å². The third-order valence-electron chi connectivity index (χ3n) is 3.40. The number of pyridine rings is 1. The fraction of sp³-hybridized carbons (Fsp3) is 0.353. The number of hydrogen-bond acceptors (Lipinski definition) is 3. The van der Waals surface area contributed by atoms with Crippen LogP contribution in [0.4, 0.5) is 0 Å². The van der Waals surface area contributed by atoms with Crippen molar-refractivity contribution in [2.45, 2.75) is 32.7 Å². The first-order chi connectivity index (χ1) is 9.61. The molecule has 106 valence electrons. The zero-order valence-electron chi connectivity index (χ0n) is 12.6. The number of para-hydroxylation sites is 1. The van der Waals surface area contributed by atoms with Crippen LogP contribution in [0, 0.1) is 0 Å². The van der Waals surface area contributed by atoms with Crippen molar-refractivity contribution in [3.8, 4) is 11.5 Å². The molecular weight excluding hydrogens is 248 g/mol. The van der Waals surface area contributed by atoms with Gasteiger partial charge in [-0.05, 0) is 43.7 Å². The molecule has 20 heavy (non-hydrogen) atoms. The lowest BCUT2D eigenvalue weighted by Crippen LogP contribution is -2.13. The maximum Gasteiger partial charge on any atom is 0.145 e. The Kier molecular flexibility index (Phi) is 4.74. The van der Waals surface area contributed by atoms with Crippen molar-refractivity contribution >= 4 is 0 Å². The van der Waals surface area contributed by atoms with E-state index in [0.29, 0.717) is 5.92 Å². The number of rotatable bonds is 5. The van der Waals surface area contributed by atoms with E-state index in [1.165, 1.54) is 5.56 Å². The molecule has 2 rings (SSSR count). The fourth-order valence-corrected chi connectivity index (χ4v) is 2.03. The summed E-state index contributed by atoms with van der Waals surface area (Å²) in [6.07, 6.45) is 1.78. The Labute approximate surface area is 121 Å². The molecule has 0 saturated carbocycles. The fourth-order valence-electron chi connectivity index (χ4n) is 2.03. The molecule has 0 bridgehead atoms. The SMILES string of the molecule is CNC(C)c1ccc(Oc2ccccc2C(C)C)cn1. The van der Waals surface area contributed by atoms with Gasteiger partial charge in [-0.3, -0.25) is 4.98 Å². The first-order valence-corrected chi connectivity index (χ1v) is 7.01. The van der Waals surface area contributed by atoms with Gasteiger partial charge >= 0.3 is 0 Å². The molecule has 0 aliphatic carbocycles. The Balaban J connectivity index is 2.18. The topological polar surface area (TPSA) is 34.1 Å². The van der Waals surface area contributed by atoms with Crippen molar-refractivity contribution in [1.29, 1.82) is 0 Å². The van der Waals surface area contributed by atoms with Crippen LogP contribution in [0.15, 0.2) is 42.6 Å². The smallest absolute Gasteiger partial charge is 0.145 e. The standard InChI is InChI=1S/C17H22N2O/c1-12(2)15-7-5-6-8-17(15)20-14-9-10-16(19-11-14)13(3)18-4/h5-13,18H,1-4H3. The van der Waals surface area contributed by atoms with Crippen LogP contribution in [-0.4, -0.2) is 12.0 Å². The van der Waals surface area contributed by atoms with Crippen molar-refractivity contribution in [1.82, 2.24) is 10.3 Å². The van der Waals surface area contributed by atoms with E-state index in [-0.39, 0.29) is 6.04 Å². The van der Waals surface area contributed by atoms with Crippen LogP contribution < -0.4 is 10.1 Å². The molecule has 0 radical (unpaired) electrons. The summed E-state index contributed by atoms with van der Waals surface area (Å²) in [5.41, 5.74) is 2.22. The van der Waals surface area contributed by atoms with Gasteiger partial charge in [0.15, 0.2) is 0 Å². The lowest BCUT2D eigenvalue weighted by Gasteiger charge is -2.14. The van der Waals surface area contributed by atoms with Gasteiger partial charge in [0.05, 0.1) is 11.9 Å². The molecule has 0 spiro atoms. The quantitative estimate of drug-likeness (QED) is 0.880. The van der Waals surface area contributed by atoms with Crippen LogP contribution in [0.3, 0.4) is 0 Å². The largest absolute Gasteiger partial charge is 0.455 e. The first kappa shape index (κ1) is 14.5. The molecule has 1 heterocycles. The number of ether oxygens (including phenoxy) is 1. The van der Waals surface area contributed by atoms with Gasteiger partial charge in [-0.15, -0.1) is 0 Å².